The first-order chi connectivity index (χ1) is 10.7. The van der Waals surface area contributed by atoms with Crippen molar-refractivity contribution in [2.24, 2.45) is 0 Å². The Hall–Kier alpha value is -2.12. The third kappa shape index (κ3) is 2.65. The second-order valence-corrected chi connectivity index (χ2v) is 5.54. The van der Waals surface area contributed by atoms with Crippen molar-refractivity contribution in [1.82, 2.24) is 14.6 Å². The van der Waals surface area contributed by atoms with Crippen LogP contribution in [0, 0.1) is 0 Å². The highest BCUT2D eigenvalue weighted by Gasteiger charge is 2.18. The first-order valence-corrected chi connectivity index (χ1v) is 7.52. The minimum atomic E-state index is -0.336. The number of aromatic nitrogens is 3. The summed E-state index contributed by atoms with van der Waals surface area (Å²) in [6.45, 7) is -0.0884. The van der Waals surface area contributed by atoms with Crippen molar-refractivity contribution in [2.45, 2.75) is 6.04 Å². The summed E-state index contributed by atoms with van der Waals surface area (Å²) in [6.07, 6.45) is 5.13. The van der Waals surface area contributed by atoms with E-state index in [0.29, 0.717) is 11.6 Å². The van der Waals surface area contributed by atoms with Crippen molar-refractivity contribution in [3.63, 3.8) is 0 Å². The fourth-order valence-electron chi connectivity index (χ4n) is 2.35. The van der Waals surface area contributed by atoms with Gasteiger partial charge in [0, 0.05) is 18.0 Å². The fraction of sp³-hybridized carbons (Fsp3) is 0.200. The molecule has 0 amide bonds. The molecule has 2 heterocycles. The molecule has 0 radical (unpaired) electrons. The summed E-state index contributed by atoms with van der Waals surface area (Å²) in [5, 5.41) is 17.3. The van der Waals surface area contributed by atoms with Crippen LogP contribution in [0.2, 0.25) is 0 Å². The predicted molar refractivity (Wildman–Crippen MR) is 87.1 cm³/mol. The molecular weight excluding hydrogens is 348 g/mol. The lowest BCUT2D eigenvalue weighted by atomic mass is 10.1. The summed E-state index contributed by atoms with van der Waals surface area (Å²) in [7, 11) is 1.61. The number of anilines is 1. The minimum Gasteiger partial charge on any atom is -0.496 e. The first-order valence-electron chi connectivity index (χ1n) is 6.72. The number of para-hydroxylation sites is 1. The van der Waals surface area contributed by atoms with Gasteiger partial charge < -0.3 is 15.2 Å². The maximum Gasteiger partial charge on any atom is 0.153 e. The quantitative estimate of drug-likeness (QED) is 0.729. The Morgan fingerprint density at radius 3 is 3.00 bits per heavy atom. The lowest BCUT2D eigenvalue weighted by molar-refractivity contribution is 0.273. The number of rotatable bonds is 5. The molecule has 22 heavy (non-hydrogen) atoms. The van der Waals surface area contributed by atoms with Gasteiger partial charge in [0.15, 0.2) is 5.82 Å². The molecular formula is C15H15BrN4O2. The Balaban J connectivity index is 2.00. The smallest absolute Gasteiger partial charge is 0.153 e. The number of aliphatic hydroxyl groups excluding tert-OH is 1. The lowest BCUT2D eigenvalue weighted by Gasteiger charge is -2.20. The summed E-state index contributed by atoms with van der Waals surface area (Å²) < 4.78 is 7.92. The maximum absolute atomic E-state index is 9.77. The van der Waals surface area contributed by atoms with Crippen LogP contribution in [-0.4, -0.2) is 33.4 Å². The monoisotopic (exact) mass is 362 g/mol. The summed E-state index contributed by atoms with van der Waals surface area (Å²) in [5.74, 6) is 1.35. The molecule has 1 unspecified atom stereocenters. The Morgan fingerprint density at radius 1 is 1.41 bits per heavy atom. The van der Waals surface area contributed by atoms with E-state index in [1.54, 1.807) is 30.2 Å². The standard InChI is InChI=1S/C15H15BrN4O2/c1-22-13-5-3-2-4-10(13)12(9-21)19-15-14-11(16)8-18-20(14)7-6-17-15/h2-8,12,21H,9H2,1H3,(H,17,19). The summed E-state index contributed by atoms with van der Waals surface area (Å²) >= 11 is 3.46. The van der Waals surface area contributed by atoms with Crippen molar-refractivity contribution >= 4 is 27.3 Å². The van der Waals surface area contributed by atoms with Gasteiger partial charge in [-0.15, -0.1) is 0 Å². The van der Waals surface area contributed by atoms with Crippen molar-refractivity contribution in [1.29, 1.82) is 0 Å². The number of fused-ring (bicyclic) bond motifs is 1. The molecule has 3 aromatic rings. The van der Waals surface area contributed by atoms with E-state index in [1.807, 2.05) is 24.3 Å². The van der Waals surface area contributed by atoms with Gasteiger partial charge in [0.05, 0.1) is 30.4 Å². The van der Waals surface area contributed by atoms with E-state index in [4.69, 9.17) is 4.74 Å². The normalized spacial score (nSPS) is 12.3. The second kappa shape index (κ2) is 6.33. The zero-order valence-electron chi connectivity index (χ0n) is 11.9. The SMILES string of the molecule is COc1ccccc1C(CO)Nc1nccn2ncc(Br)c12. The number of methoxy groups -OCH3 is 1. The van der Waals surface area contributed by atoms with Gasteiger partial charge in [-0.25, -0.2) is 9.50 Å². The van der Waals surface area contributed by atoms with Gasteiger partial charge in [0.1, 0.15) is 11.3 Å². The number of aliphatic hydroxyl groups is 1. The summed E-state index contributed by atoms with van der Waals surface area (Å²) in [6, 6.07) is 7.24. The second-order valence-electron chi connectivity index (χ2n) is 4.68. The zero-order valence-corrected chi connectivity index (χ0v) is 13.5. The lowest BCUT2D eigenvalue weighted by Crippen LogP contribution is -2.17. The van der Waals surface area contributed by atoms with Crippen molar-refractivity contribution in [3.8, 4) is 5.75 Å². The van der Waals surface area contributed by atoms with Crippen LogP contribution in [0.1, 0.15) is 11.6 Å². The molecule has 0 aliphatic rings. The molecule has 114 valence electrons. The van der Waals surface area contributed by atoms with Crippen molar-refractivity contribution < 1.29 is 9.84 Å². The summed E-state index contributed by atoms with van der Waals surface area (Å²) in [4.78, 5) is 4.35. The van der Waals surface area contributed by atoms with Gasteiger partial charge in [-0.3, -0.25) is 0 Å². The number of hydrogen-bond acceptors (Lipinski definition) is 5. The van der Waals surface area contributed by atoms with Crippen LogP contribution in [-0.2, 0) is 0 Å². The van der Waals surface area contributed by atoms with Gasteiger partial charge in [0.25, 0.3) is 0 Å². The molecule has 0 saturated carbocycles. The molecule has 2 aromatic heterocycles. The zero-order chi connectivity index (χ0) is 15.5. The van der Waals surface area contributed by atoms with Crippen LogP contribution in [0.5, 0.6) is 5.75 Å². The highest BCUT2D eigenvalue weighted by atomic mass is 79.9. The number of nitrogens with zero attached hydrogens (tertiary/aromatic N) is 3. The fourth-order valence-corrected chi connectivity index (χ4v) is 2.82. The Labute approximate surface area is 135 Å². The van der Waals surface area contributed by atoms with Crippen LogP contribution >= 0.6 is 15.9 Å². The van der Waals surface area contributed by atoms with Gasteiger partial charge in [-0.05, 0) is 22.0 Å². The molecule has 0 bridgehead atoms. The number of halogens is 1. The molecule has 0 aliphatic carbocycles. The van der Waals surface area contributed by atoms with Gasteiger partial charge in [0.2, 0.25) is 0 Å². The van der Waals surface area contributed by atoms with Crippen LogP contribution in [0.15, 0.2) is 47.3 Å². The Morgan fingerprint density at radius 2 is 2.23 bits per heavy atom. The summed E-state index contributed by atoms with van der Waals surface area (Å²) in [5.41, 5.74) is 1.68. The molecule has 3 rings (SSSR count). The van der Waals surface area contributed by atoms with Gasteiger partial charge in [-0.1, -0.05) is 18.2 Å². The van der Waals surface area contributed by atoms with E-state index >= 15 is 0 Å². The average Bonchev–Trinajstić information content (AvgIpc) is 2.95. The topological polar surface area (TPSA) is 71.7 Å². The highest BCUT2D eigenvalue weighted by Crippen LogP contribution is 2.30. The van der Waals surface area contributed by atoms with E-state index < -0.39 is 0 Å². The van der Waals surface area contributed by atoms with Crippen LogP contribution in [0.3, 0.4) is 0 Å². The molecule has 2 N–H and O–H groups in total. The van der Waals surface area contributed by atoms with E-state index in [1.165, 1.54) is 0 Å². The van der Waals surface area contributed by atoms with E-state index in [2.05, 4.69) is 31.3 Å². The third-order valence-electron chi connectivity index (χ3n) is 3.39. The van der Waals surface area contributed by atoms with Crippen LogP contribution in [0.4, 0.5) is 5.82 Å². The van der Waals surface area contributed by atoms with Gasteiger partial charge in [-0.2, -0.15) is 5.10 Å². The van der Waals surface area contributed by atoms with Crippen molar-refractivity contribution in [3.05, 3.63) is 52.9 Å². The highest BCUT2D eigenvalue weighted by molar-refractivity contribution is 9.10. The molecule has 7 heteroatoms. The number of benzene rings is 1. The minimum absolute atomic E-state index is 0.0884. The van der Waals surface area contributed by atoms with E-state index in [9.17, 15) is 5.11 Å². The number of nitrogens with one attached hydrogen (secondary N) is 1. The molecule has 0 aliphatic heterocycles. The molecule has 0 fully saturated rings. The third-order valence-corrected chi connectivity index (χ3v) is 3.97. The molecule has 0 saturated heterocycles. The maximum atomic E-state index is 9.77. The first kappa shape index (κ1) is 14.8. The van der Waals surface area contributed by atoms with Crippen LogP contribution in [0.25, 0.3) is 5.52 Å². The number of hydrogen-bond donors (Lipinski definition) is 2. The van der Waals surface area contributed by atoms with E-state index in [-0.39, 0.29) is 12.6 Å². The average molecular weight is 363 g/mol. The van der Waals surface area contributed by atoms with Crippen LogP contribution < -0.4 is 10.1 Å². The predicted octanol–water partition coefficient (Wildman–Crippen LogP) is 2.65. The number of ether oxygens (including phenoxy) is 1. The Bertz CT molecular complexity index is 790. The molecule has 1 atom stereocenters. The largest absolute Gasteiger partial charge is 0.496 e. The molecule has 6 nitrogen and oxygen atoms in total. The molecule has 0 spiro atoms. The molecule has 1 aromatic carbocycles. The van der Waals surface area contributed by atoms with Gasteiger partial charge >= 0.3 is 0 Å². The Kier molecular flexibility index (Phi) is 4.26. The van der Waals surface area contributed by atoms with Crippen molar-refractivity contribution in [2.75, 3.05) is 19.0 Å². The van der Waals surface area contributed by atoms with E-state index in [0.717, 1.165) is 15.6 Å².